The average molecular weight is 336 g/mol. The normalized spacial score (nSPS) is 17.4. The van der Waals surface area contributed by atoms with E-state index in [1.54, 1.807) is 0 Å². The molecular formula is C13H15Cl2NO3S. The molecule has 7 heteroatoms. The summed E-state index contributed by atoms with van der Waals surface area (Å²) in [5, 5.41) is 2.88. The third-order valence-corrected chi connectivity index (χ3v) is 5.48. The first-order valence-electron chi connectivity index (χ1n) is 6.34. The van der Waals surface area contributed by atoms with Crippen LogP contribution in [0.1, 0.15) is 36.5 Å². The number of rotatable bonds is 4. The van der Waals surface area contributed by atoms with Gasteiger partial charge in [-0.2, -0.15) is 0 Å². The number of halogens is 2. The minimum atomic E-state index is -3.97. The molecule has 1 fully saturated rings. The van der Waals surface area contributed by atoms with Gasteiger partial charge in [0.25, 0.3) is 15.0 Å². The molecule has 1 N–H and O–H groups in total. The van der Waals surface area contributed by atoms with Crippen LogP contribution < -0.4 is 5.32 Å². The highest BCUT2D eigenvalue weighted by molar-refractivity contribution is 8.13. The number of carbonyl (C=O) groups is 1. The molecule has 1 aromatic carbocycles. The van der Waals surface area contributed by atoms with Crippen LogP contribution in [0.5, 0.6) is 0 Å². The van der Waals surface area contributed by atoms with Gasteiger partial charge in [-0.15, -0.1) is 0 Å². The number of nitrogens with one attached hydrogen (secondary N) is 1. The average Bonchev–Trinajstić information content (AvgIpc) is 2.25. The Kier molecular flexibility index (Phi) is 4.62. The van der Waals surface area contributed by atoms with Gasteiger partial charge in [-0.3, -0.25) is 4.79 Å². The molecule has 0 aromatic heterocycles. The topological polar surface area (TPSA) is 63.2 Å². The van der Waals surface area contributed by atoms with Crippen LogP contribution >= 0.6 is 22.3 Å². The fourth-order valence-corrected chi connectivity index (χ4v) is 3.67. The number of carbonyl (C=O) groups excluding carboxylic acids is 1. The van der Waals surface area contributed by atoms with Crippen LogP contribution in [0, 0.1) is 5.92 Å². The Morgan fingerprint density at radius 1 is 1.40 bits per heavy atom. The Morgan fingerprint density at radius 3 is 2.55 bits per heavy atom. The fourth-order valence-electron chi connectivity index (χ4n) is 2.18. The lowest BCUT2D eigenvalue weighted by molar-refractivity contribution is 0.0909. The second kappa shape index (κ2) is 5.92. The van der Waals surface area contributed by atoms with E-state index in [0.29, 0.717) is 5.92 Å². The largest absolute Gasteiger partial charge is 0.349 e. The first-order valence-corrected chi connectivity index (χ1v) is 9.03. The molecular weight excluding hydrogens is 321 g/mol. The molecule has 1 saturated carbocycles. The smallest absolute Gasteiger partial charge is 0.262 e. The van der Waals surface area contributed by atoms with Crippen molar-refractivity contribution in [2.24, 2.45) is 5.92 Å². The van der Waals surface area contributed by atoms with Crippen molar-refractivity contribution in [2.45, 2.75) is 37.1 Å². The van der Waals surface area contributed by atoms with Crippen molar-refractivity contribution in [2.75, 3.05) is 0 Å². The summed E-state index contributed by atoms with van der Waals surface area (Å²) in [6.07, 6.45) is 3.42. The van der Waals surface area contributed by atoms with E-state index in [9.17, 15) is 13.2 Å². The molecule has 0 radical (unpaired) electrons. The van der Waals surface area contributed by atoms with E-state index in [4.69, 9.17) is 22.3 Å². The lowest BCUT2D eigenvalue weighted by Gasteiger charge is -2.31. The van der Waals surface area contributed by atoms with Gasteiger partial charge in [0.15, 0.2) is 0 Å². The lowest BCUT2D eigenvalue weighted by atomic mass is 9.80. The molecule has 1 unspecified atom stereocenters. The highest BCUT2D eigenvalue weighted by Gasteiger charge is 2.26. The SMILES string of the molecule is CC(NC(=O)c1ccc(Cl)c(S(=O)(=O)Cl)c1)C1CCC1. The second-order valence-electron chi connectivity index (χ2n) is 5.04. The minimum absolute atomic E-state index is 0.00333. The molecule has 0 aliphatic heterocycles. The number of benzene rings is 1. The van der Waals surface area contributed by atoms with E-state index < -0.39 is 9.05 Å². The Morgan fingerprint density at radius 2 is 2.05 bits per heavy atom. The van der Waals surface area contributed by atoms with Crippen molar-refractivity contribution >= 4 is 37.2 Å². The molecule has 1 aromatic rings. The van der Waals surface area contributed by atoms with Crippen LogP contribution in [0.15, 0.2) is 23.1 Å². The van der Waals surface area contributed by atoms with Crippen molar-refractivity contribution in [3.8, 4) is 0 Å². The standard InChI is InChI=1S/C13H15Cl2NO3S/c1-8(9-3-2-4-9)16-13(17)10-5-6-11(14)12(7-10)20(15,18)19/h5-9H,2-4H2,1H3,(H,16,17). The van der Waals surface area contributed by atoms with Crippen molar-refractivity contribution in [3.63, 3.8) is 0 Å². The Balaban J connectivity index is 2.18. The molecule has 1 atom stereocenters. The maximum Gasteiger partial charge on any atom is 0.262 e. The molecule has 1 aliphatic rings. The zero-order valence-corrected chi connectivity index (χ0v) is 13.2. The summed E-state index contributed by atoms with van der Waals surface area (Å²) in [5.74, 6) is 0.185. The van der Waals surface area contributed by atoms with Crippen LogP contribution in [0.2, 0.25) is 5.02 Å². The molecule has 2 rings (SSSR count). The molecule has 1 aliphatic carbocycles. The monoisotopic (exact) mass is 335 g/mol. The van der Waals surface area contributed by atoms with Gasteiger partial charge in [0.1, 0.15) is 4.90 Å². The molecule has 0 saturated heterocycles. The van der Waals surface area contributed by atoms with Crippen LogP contribution in [0.4, 0.5) is 0 Å². The second-order valence-corrected chi connectivity index (χ2v) is 7.98. The van der Waals surface area contributed by atoms with E-state index >= 15 is 0 Å². The van der Waals surface area contributed by atoms with Gasteiger partial charge in [-0.25, -0.2) is 8.42 Å². The first kappa shape index (κ1) is 15.6. The van der Waals surface area contributed by atoms with Crippen molar-refractivity contribution in [3.05, 3.63) is 28.8 Å². The number of amides is 1. The molecule has 0 bridgehead atoms. The van der Waals surface area contributed by atoms with Crippen LogP contribution in [-0.2, 0) is 9.05 Å². The molecule has 4 nitrogen and oxygen atoms in total. The van der Waals surface area contributed by atoms with E-state index in [0.717, 1.165) is 12.8 Å². The third kappa shape index (κ3) is 3.45. The maximum absolute atomic E-state index is 12.1. The zero-order chi connectivity index (χ0) is 14.9. The van der Waals surface area contributed by atoms with E-state index in [-0.39, 0.29) is 27.4 Å². The Hall–Kier alpha value is -0.780. The van der Waals surface area contributed by atoms with Crippen molar-refractivity contribution in [1.82, 2.24) is 5.32 Å². The van der Waals surface area contributed by atoms with Crippen molar-refractivity contribution < 1.29 is 13.2 Å². The maximum atomic E-state index is 12.1. The summed E-state index contributed by atoms with van der Waals surface area (Å²) in [6.45, 7) is 1.96. The molecule has 110 valence electrons. The highest BCUT2D eigenvalue weighted by Crippen LogP contribution is 2.30. The zero-order valence-electron chi connectivity index (χ0n) is 10.9. The van der Waals surface area contributed by atoms with Gasteiger partial charge in [0, 0.05) is 22.3 Å². The van der Waals surface area contributed by atoms with Crippen LogP contribution in [-0.4, -0.2) is 20.4 Å². The summed E-state index contributed by atoms with van der Waals surface area (Å²) in [7, 11) is 1.32. The Bertz CT molecular complexity index is 627. The summed E-state index contributed by atoms with van der Waals surface area (Å²) < 4.78 is 22.7. The molecule has 0 heterocycles. The predicted molar refractivity (Wildman–Crippen MR) is 78.8 cm³/mol. The third-order valence-electron chi connectivity index (χ3n) is 3.67. The van der Waals surface area contributed by atoms with Gasteiger partial charge in [0.05, 0.1) is 5.02 Å². The van der Waals surface area contributed by atoms with E-state index in [1.807, 2.05) is 6.92 Å². The number of hydrogen-bond donors (Lipinski definition) is 1. The van der Waals surface area contributed by atoms with Gasteiger partial charge in [-0.1, -0.05) is 18.0 Å². The van der Waals surface area contributed by atoms with E-state index in [2.05, 4.69) is 5.32 Å². The van der Waals surface area contributed by atoms with Gasteiger partial charge in [-0.05, 0) is 43.9 Å². The summed E-state index contributed by atoms with van der Waals surface area (Å²) in [5.41, 5.74) is 0.236. The lowest BCUT2D eigenvalue weighted by Crippen LogP contribution is -2.40. The van der Waals surface area contributed by atoms with Gasteiger partial charge in [0.2, 0.25) is 0 Å². The van der Waals surface area contributed by atoms with Gasteiger partial charge < -0.3 is 5.32 Å². The quantitative estimate of drug-likeness (QED) is 0.859. The van der Waals surface area contributed by atoms with E-state index in [1.165, 1.54) is 24.6 Å². The molecule has 1 amide bonds. The summed E-state index contributed by atoms with van der Waals surface area (Å²) in [4.78, 5) is 11.9. The highest BCUT2D eigenvalue weighted by atomic mass is 35.7. The predicted octanol–water partition coefficient (Wildman–Crippen LogP) is 3.19. The Labute approximate surface area is 127 Å². The summed E-state index contributed by atoms with van der Waals surface area (Å²) in [6, 6.07) is 4.12. The van der Waals surface area contributed by atoms with Crippen molar-refractivity contribution in [1.29, 1.82) is 0 Å². The number of hydrogen-bond acceptors (Lipinski definition) is 3. The fraction of sp³-hybridized carbons (Fsp3) is 0.462. The first-order chi connectivity index (χ1) is 9.29. The minimum Gasteiger partial charge on any atom is -0.349 e. The van der Waals surface area contributed by atoms with Crippen LogP contribution in [0.25, 0.3) is 0 Å². The summed E-state index contributed by atoms with van der Waals surface area (Å²) >= 11 is 5.78. The van der Waals surface area contributed by atoms with Crippen LogP contribution in [0.3, 0.4) is 0 Å². The molecule has 0 spiro atoms. The van der Waals surface area contributed by atoms with Gasteiger partial charge >= 0.3 is 0 Å². The molecule has 20 heavy (non-hydrogen) atoms.